The molecule has 0 aromatic heterocycles. The van der Waals surface area contributed by atoms with Crippen molar-refractivity contribution in [2.45, 2.75) is 6.43 Å². The van der Waals surface area contributed by atoms with Gasteiger partial charge in [-0.3, -0.25) is 14.9 Å². The molecular weight excluding hydrogens is 267 g/mol. The maximum Gasteiger partial charge on any atom is 0.285 e. The number of carbonyl (C=O) groups excluding carboxylic acids is 1. The molecule has 0 heterocycles. The molecule has 2 N–H and O–H groups in total. The molecule has 0 radical (unpaired) electrons. The molecule has 0 aliphatic heterocycles. The van der Waals surface area contributed by atoms with Crippen molar-refractivity contribution in [2.24, 2.45) is 0 Å². The lowest BCUT2D eigenvalue weighted by Gasteiger charge is -2.08. The molecule has 1 rings (SSSR count). The third kappa shape index (κ3) is 3.57. The van der Waals surface area contributed by atoms with Crippen molar-refractivity contribution in [3.05, 3.63) is 33.6 Å². The second-order valence-corrected chi connectivity index (χ2v) is 3.46. The molecule has 0 fully saturated rings. The van der Waals surface area contributed by atoms with Gasteiger partial charge in [-0.15, -0.1) is 0 Å². The number of amides is 1. The lowest BCUT2D eigenvalue weighted by Crippen LogP contribution is -2.29. The van der Waals surface area contributed by atoms with Crippen LogP contribution in [-0.2, 0) is 0 Å². The lowest BCUT2D eigenvalue weighted by molar-refractivity contribution is -0.385. The highest BCUT2D eigenvalue weighted by Gasteiger charge is 2.23. The van der Waals surface area contributed by atoms with Crippen molar-refractivity contribution in [1.29, 1.82) is 0 Å². The average molecular weight is 277 g/mol. The molecule has 1 aromatic rings. The average Bonchev–Trinajstić information content (AvgIpc) is 2.35. The summed E-state index contributed by atoms with van der Waals surface area (Å²) in [4.78, 5) is 21.3. The van der Waals surface area contributed by atoms with Crippen LogP contribution in [-0.4, -0.2) is 30.8 Å². The van der Waals surface area contributed by atoms with E-state index in [1.54, 1.807) is 0 Å². The van der Waals surface area contributed by atoms with Crippen LogP contribution in [0.25, 0.3) is 0 Å². The maximum atomic E-state index is 13.3. The number of halogens is 3. The molecule has 0 aliphatic carbocycles. The summed E-state index contributed by atoms with van der Waals surface area (Å²) in [6.45, 7) is -0.942. The van der Waals surface area contributed by atoms with Gasteiger partial charge < -0.3 is 10.6 Å². The van der Waals surface area contributed by atoms with E-state index in [-0.39, 0.29) is 5.69 Å². The molecule has 0 saturated carbocycles. The molecule has 6 nitrogen and oxygen atoms in total. The highest BCUT2D eigenvalue weighted by molar-refractivity contribution is 5.99. The van der Waals surface area contributed by atoms with Crippen LogP contribution >= 0.6 is 0 Å². The molecule has 0 saturated heterocycles. The summed E-state index contributed by atoms with van der Waals surface area (Å²) >= 11 is 0. The fourth-order valence-corrected chi connectivity index (χ4v) is 1.35. The Morgan fingerprint density at radius 2 is 2.11 bits per heavy atom. The second kappa shape index (κ2) is 6.03. The number of benzene rings is 1. The molecule has 19 heavy (non-hydrogen) atoms. The van der Waals surface area contributed by atoms with Crippen molar-refractivity contribution >= 4 is 17.3 Å². The maximum absolute atomic E-state index is 13.3. The van der Waals surface area contributed by atoms with E-state index in [1.165, 1.54) is 7.05 Å². The largest absolute Gasteiger partial charge is 0.386 e. The van der Waals surface area contributed by atoms with Gasteiger partial charge in [0.1, 0.15) is 5.56 Å². The number of carbonyl (C=O) groups is 1. The third-order valence-corrected chi connectivity index (χ3v) is 2.21. The van der Waals surface area contributed by atoms with Crippen molar-refractivity contribution in [3.63, 3.8) is 0 Å². The molecule has 0 spiro atoms. The van der Waals surface area contributed by atoms with E-state index in [2.05, 4.69) is 5.32 Å². The SMILES string of the molecule is CNc1cc(C(=O)NCC(F)F)c([N+](=O)[O-])cc1F. The first kappa shape index (κ1) is 14.7. The van der Waals surface area contributed by atoms with Gasteiger partial charge in [0.05, 0.1) is 23.2 Å². The summed E-state index contributed by atoms with van der Waals surface area (Å²) in [5.74, 6) is -1.98. The number of nitro groups is 1. The second-order valence-electron chi connectivity index (χ2n) is 3.46. The monoisotopic (exact) mass is 277 g/mol. The first-order chi connectivity index (χ1) is 8.86. The summed E-state index contributed by atoms with van der Waals surface area (Å²) in [6.07, 6.45) is -2.78. The van der Waals surface area contributed by atoms with Crippen molar-refractivity contribution in [1.82, 2.24) is 5.32 Å². The summed E-state index contributed by atoms with van der Waals surface area (Å²) < 4.78 is 37.3. The standard InChI is InChI=1S/C10H10F3N3O3/c1-14-7-2-5(10(17)15-4-9(12)13)8(16(18)19)3-6(7)11/h2-3,9,14H,4H2,1H3,(H,15,17). The molecule has 0 bridgehead atoms. The van der Waals surface area contributed by atoms with Crippen LogP contribution in [0.3, 0.4) is 0 Å². The van der Waals surface area contributed by atoms with E-state index in [0.717, 1.165) is 6.07 Å². The van der Waals surface area contributed by atoms with E-state index in [9.17, 15) is 28.1 Å². The van der Waals surface area contributed by atoms with Crippen molar-refractivity contribution < 1.29 is 22.9 Å². The van der Waals surface area contributed by atoms with E-state index in [1.807, 2.05) is 5.32 Å². The van der Waals surface area contributed by atoms with Gasteiger partial charge in [0.2, 0.25) is 0 Å². The Labute approximate surface area is 105 Å². The quantitative estimate of drug-likeness (QED) is 0.634. The normalized spacial score (nSPS) is 10.4. The van der Waals surface area contributed by atoms with E-state index < -0.39 is 40.9 Å². The van der Waals surface area contributed by atoms with Crippen LogP contribution in [0.5, 0.6) is 0 Å². The predicted molar refractivity (Wildman–Crippen MR) is 60.9 cm³/mol. The van der Waals surface area contributed by atoms with Gasteiger partial charge in [0.15, 0.2) is 5.82 Å². The van der Waals surface area contributed by atoms with E-state index in [0.29, 0.717) is 6.07 Å². The Bertz CT molecular complexity index is 508. The highest BCUT2D eigenvalue weighted by atomic mass is 19.3. The van der Waals surface area contributed by atoms with Gasteiger partial charge >= 0.3 is 0 Å². The van der Waals surface area contributed by atoms with Gasteiger partial charge in [-0.05, 0) is 6.07 Å². The minimum atomic E-state index is -2.78. The van der Waals surface area contributed by atoms with E-state index in [4.69, 9.17) is 0 Å². The number of hydrogen-bond donors (Lipinski definition) is 2. The Morgan fingerprint density at radius 3 is 2.58 bits per heavy atom. The molecule has 0 aliphatic rings. The number of nitro benzene ring substituents is 1. The number of nitrogens with zero attached hydrogens (tertiary/aromatic N) is 1. The van der Waals surface area contributed by atoms with Crippen LogP contribution in [0.4, 0.5) is 24.5 Å². The van der Waals surface area contributed by atoms with Gasteiger partial charge in [-0.2, -0.15) is 0 Å². The summed E-state index contributed by atoms with van der Waals surface area (Å²) in [7, 11) is 1.35. The van der Waals surface area contributed by atoms with Gasteiger partial charge in [0.25, 0.3) is 18.0 Å². The summed E-state index contributed by atoms with van der Waals surface area (Å²) in [5.41, 5.74) is -1.42. The minimum absolute atomic E-state index is 0.146. The molecular formula is C10H10F3N3O3. The molecule has 104 valence electrons. The molecule has 1 aromatic carbocycles. The lowest BCUT2D eigenvalue weighted by atomic mass is 10.1. The molecule has 0 atom stereocenters. The highest BCUT2D eigenvalue weighted by Crippen LogP contribution is 2.25. The summed E-state index contributed by atoms with van der Waals surface area (Å²) in [6, 6.07) is 1.46. The Balaban J connectivity index is 3.16. The number of rotatable bonds is 5. The van der Waals surface area contributed by atoms with Crippen molar-refractivity contribution in [3.8, 4) is 0 Å². The zero-order chi connectivity index (χ0) is 14.6. The fraction of sp³-hybridized carbons (Fsp3) is 0.300. The topological polar surface area (TPSA) is 84.3 Å². The van der Waals surface area contributed by atoms with Crippen LogP contribution in [0.15, 0.2) is 12.1 Å². The zero-order valence-corrected chi connectivity index (χ0v) is 9.75. The van der Waals surface area contributed by atoms with Gasteiger partial charge in [0, 0.05) is 7.05 Å². The Kier molecular flexibility index (Phi) is 4.67. The van der Waals surface area contributed by atoms with Crippen LogP contribution < -0.4 is 10.6 Å². The number of anilines is 1. The molecule has 9 heteroatoms. The van der Waals surface area contributed by atoms with Gasteiger partial charge in [-0.25, -0.2) is 13.2 Å². The number of nitrogens with one attached hydrogen (secondary N) is 2. The minimum Gasteiger partial charge on any atom is -0.386 e. The zero-order valence-electron chi connectivity index (χ0n) is 9.75. The van der Waals surface area contributed by atoms with Crippen LogP contribution in [0.1, 0.15) is 10.4 Å². The molecule has 1 amide bonds. The van der Waals surface area contributed by atoms with Crippen molar-refractivity contribution in [2.75, 3.05) is 18.9 Å². The van der Waals surface area contributed by atoms with Gasteiger partial charge in [-0.1, -0.05) is 0 Å². The summed E-state index contributed by atoms with van der Waals surface area (Å²) in [5, 5.41) is 14.9. The fourth-order valence-electron chi connectivity index (χ4n) is 1.35. The Morgan fingerprint density at radius 1 is 1.47 bits per heavy atom. The number of hydrogen-bond acceptors (Lipinski definition) is 4. The number of alkyl halides is 2. The third-order valence-electron chi connectivity index (χ3n) is 2.21. The molecule has 0 unspecified atom stereocenters. The van der Waals surface area contributed by atoms with Crippen LogP contribution in [0.2, 0.25) is 0 Å². The first-order valence-corrected chi connectivity index (χ1v) is 5.08. The van der Waals surface area contributed by atoms with E-state index >= 15 is 0 Å². The first-order valence-electron chi connectivity index (χ1n) is 5.08. The van der Waals surface area contributed by atoms with Crippen LogP contribution in [0, 0.1) is 15.9 Å². The smallest absolute Gasteiger partial charge is 0.285 e. The predicted octanol–water partition coefficient (Wildman–Crippen LogP) is 1.77. The Hall–Kier alpha value is -2.32.